The van der Waals surface area contributed by atoms with E-state index in [4.69, 9.17) is 4.74 Å². The SMILES string of the molecule is COCCCNC(=O)c1ccc(NC(=O)c2cccc(Br)c2)cc1. The van der Waals surface area contributed by atoms with Crippen LogP contribution in [0.4, 0.5) is 5.69 Å². The summed E-state index contributed by atoms with van der Waals surface area (Å²) >= 11 is 3.34. The number of halogens is 1. The zero-order valence-corrected chi connectivity index (χ0v) is 14.9. The Morgan fingerprint density at radius 1 is 1.04 bits per heavy atom. The van der Waals surface area contributed by atoms with E-state index < -0.39 is 0 Å². The molecule has 0 heterocycles. The smallest absolute Gasteiger partial charge is 0.255 e. The minimum absolute atomic E-state index is 0.143. The molecule has 0 saturated heterocycles. The lowest BCUT2D eigenvalue weighted by atomic mass is 10.1. The predicted octanol–water partition coefficient (Wildman–Crippen LogP) is 3.47. The number of rotatable bonds is 7. The summed E-state index contributed by atoms with van der Waals surface area (Å²) in [5, 5.41) is 5.62. The second kappa shape index (κ2) is 9.20. The second-order valence-electron chi connectivity index (χ2n) is 5.14. The summed E-state index contributed by atoms with van der Waals surface area (Å²) in [5.74, 6) is -0.343. The van der Waals surface area contributed by atoms with Gasteiger partial charge in [0, 0.05) is 41.5 Å². The van der Waals surface area contributed by atoms with Gasteiger partial charge in [-0.2, -0.15) is 0 Å². The zero-order valence-electron chi connectivity index (χ0n) is 13.3. The largest absolute Gasteiger partial charge is 0.385 e. The molecule has 0 radical (unpaired) electrons. The Morgan fingerprint density at radius 2 is 1.79 bits per heavy atom. The summed E-state index contributed by atoms with van der Waals surface area (Å²) in [6.07, 6.45) is 0.767. The van der Waals surface area contributed by atoms with E-state index in [-0.39, 0.29) is 11.8 Å². The van der Waals surface area contributed by atoms with E-state index >= 15 is 0 Å². The van der Waals surface area contributed by atoms with E-state index in [1.165, 1.54) is 0 Å². The fourth-order valence-corrected chi connectivity index (χ4v) is 2.46. The maximum Gasteiger partial charge on any atom is 0.255 e. The lowest BCUT2D eigenvalue weighted by Gasteiger charge is -2.08. The van der Waals surface area contributed by atoms with Crippen LogP contribution in [0, 0.1) is 0 Å². The molecule has 0 aliphatic carbocycles. The highest BCUT2D eigenvalue weighted by Gasteiger charge is 2.08. The first-order chi connectivity index (χ1) is 11.6. The van der Waals surface area contributed by atoms with E-state index in [1.54, 1.807) is 49.6 Å². The Hall–Kier alpha value is -2.18. The quantitative estimate of drug-likeness (QED) is 0.711. The van der Waals surface area contributed by atoms with Crippen molar-refractivity contribution in [2.45, 2.75) is 6.42 Å². The number of hydrogen-bond acceptors (Lipinski definition) is 3. The Balaban J connectivity index is 1.92. The molecule has 5 nitrogen and oxygen atoms in total. The Kier molecular flexibility index (Phi) is 6.96. The maximum absolute atomic E-state index is 12.2. The van der Waals surface area contributed by atoms with Crippen molar-refractivity contribution < 1.29 is 14.3 Å². The second-order valence-corrected chi connectivity index (χ2v) is 6.06. The van der Waals surface area contributed by atoms with Crippen molar-refractivity contribution in [1.29, 1.82) is 0 Å². The van der Waals surface area contributed by atoms with Crippen LogP contribution in [0.25, 0.3) is 0 Å². The van der Waals surface area contributed by atoms with Crippen molar-refractivity contribution in [2.75, 3.05) is 25.6 Å². The normalized spacial score (nSPS) is 10.2. The average molecular weight is 391 g/mol. The molecule has 0 unspecified atom stereocenters. The van der Waals surface area contributed by atoms with Crippen LogP contribution in [0.15, 0.2) is 53.0 Å². The molecule has 2 amide bonds. The number of amides is 2. The maximum atomic E-state index is 12.2. The molecule has 2 aromatic carbocycles. The zero-order chi connectivity index (χ0) is 17.4. The molecule has 0 aromatic heterocycles. The summed E-state index contributed by atoms with van der Waals surface area (Å²) in [6, 6.07) is 13.9. The fourth-order valence-electron chi connectivity index (χ4n) is 2.06. The molecule has 126 valence electrons. The summed E-state index contributed by atoms with van der Waals surface area (Å²) in [4.78, 5) is 24.1. The van der Waals surface area contributed by atoms with Crippen LogP contribution in [0.1, 0.15) is 27.1 Å². The van der Waals surface area contributed by atoms with E-state index in [2.05, 4.69) is 26.6 Å². The molecule has 0 aliphatic rings. The van der Waals surface area contributed by atoms with Gasteiger partial charge in [0.05, 0.1) is 0 Å². The van der Waals surface area contributed by atoms with Gasteiger partial charge in [-0.1, -0.05) is 22.0 Å². The molecule has 2 N–H and O–H groups in total. The molecule has 24 heavy (non-hydrogen) atoms. The third-order valence-electron chi connectivity index (χ3n) is 3.30. The van der Waals surface area contributed by atoms with Gasteiger partial charge in [-0.25, -0.2) is 0 Å². The van der Waals surface area contributed by atoms with E-state index in [1.807, 2.05) is 6.07 Å². The number of carbonyl (C=O) groups excluding carboxylic acids is 2. The van der Waals surface area contributed by atoms with E-state index in [0.717, 1.165) is 10.9 Å². The lowest BCUT2D eigenvalue weighted by molar-refractivity contribution is 0.0948. The lowest BCUT2D eigenvalue weighted by Crippen LogP contribution is -2.25. The first-order valence-corrected chi connectivity index (χ1v) is 8.33. The molecule has 6 heteroatoms. The minimum Gasteiger partial charge on any atom is -0.385 e. The Labute approximate surface area is 149 Å². The molecule has 0 spiro atoms. The number of nitrogens with one attached hydrogen (secondary N) is 2. The van der Waals surface area contributed by atoms with Gasteiger partial charge >= 0.3 is 0 Å². The molecule has 0 saturated carbocycles. The third kappa shape index (κ3) is 5.47. The summed E-state index contributed by atoms with van der Waals surface area (Å²) in [7, 11) is 1.63. The van der Waals surface area contributed by atoms with Crippen molar-refractivity contribution >= 4 is 33.4 Å². The van der Waals surface area contributed by atoms with Crippen LogP contribution in [0.3, 0.4) is 0 Å². The highest BCUT2D eigenvalue weighted by atomic mass is 79.9. The van der Waals surface area contributed by atoms with Gasteiger partial charge in [0.2, 0.25) is 0 Å². The fraction of sp³-hybridized carbons (Fsp3) is 0.222. The highest BCUT2D eigenvalue weighted by Crippen LogP contribution is 2.15. The summed E-state index contributed by atoms with van der Waals surface area (Å²) < 4.78 is 5.77. The van der Waals surface area contributed by atoms with Gasteiger partial charge in [0.25, 0.3) is 11.8 Å². The summed E-state index contributed by atoms with van der Waals surface area (Å²) in [6.45, 7) is 1.18. The molecule has 2 aromatic rings. The highest BCUT2D eigenvalue weighted by molar-refractivity contribution is 9.10. The Bertz CT molecular complexity index is 702. The molecular formula is C18H19BrN2O3. The van der Waals surface area contributed by atoms with Gasteiger partial charge < -0.3 is 15.4 Å². The van der Waals surface area contributed by atoms with E-state index in [9.17, 15) is 9.59 Å². The molecule has 2 rings (SSSR count). The van der Waals surface area contributed by atoms with Crippen molar-refractivity contribution in [3.05, 3.63) is 64.1 Å². The number of benzene rings is 2. The Morgan fingerprint density at radius 3 is 2.46 bits per heavy atom. The predicted molar refractivity (Wildman–Crippen MR) is 97.4 cm³/mol. The van der Waals surface area contributed by atoms with Crippen LogP contribution in [0.5, 0.6) is 0 Å². The number of hydrogen-bond donors (Lipinski definition) is 2. The van der Waals surface area contributed by atoms with Crippen molar-refractivity contribution in [3.8, 4) is 0 Å². The van der Waals surface area contributed by atoms with Crippen molar-refractivity contribution in [3.63, 3.8) is 0 Å². The van der Waals surface area contributed by atoms with Crippen LogP contribution in [-0.2, 0) is 4.74 Å². The monoisotopic (exact) mass is 390 g/mol. The number of carbonyl (C=O) groups is 2. The van der Waals surface area contributed by atoms with Crippen molar-refractivity contribution in [2.24, 2.45) is 0 Å². The number of methoxy groups -OCH3 is 1. The number of anilines is 1. The topological polar surface area (TPSA) is 67.4 Å². The van der Waals surface area contributed by atoms with Gasteiger partial charge in [0.15, 0.2) is 0 Å². The molecule has 0 atom stereocenters. The minimum atomic E-state index is -0.201. The van der Waals surface area contributed by atoms with Crippen LogP contribution < -0.4 is 10.6 Å². The van der Waals surface area contributed by atoms with Gasteiger partial charge in [-0.05, 0) is 48.9 Å². The standard InChI is InChI=1S/C18H19BrN2O3/c1-24-11-3-10-20-17(22)13-6-8-16(9-7-13)21-18(23)14-4-2-5-15(19)12-14/h2,4-9,12H,3,10-11H2,1H3,(H,20,22)(H,21,23). The van der Waals surface area contributed by atoms with E-state index in [0.29, 0.717) is 30.0 Å². The third-order valence-corrected chi connectivity index (χ3v) is 3.80. The van der Waals surface area contributed by atoms with Crippen molar-refractivity contribution in [1.82, 2.24) is 5.32 Å². The van der Waals surface area contributed by atoms with Gasteiger partial charge in [0.1, 0.15) is 0 Å². The first-order valence-electron chi connectivity index (χ1n) is 7.54. The molecule has 0 fully saturated rings. The molecule has 0 aliphatic heterocycles. The van der Waals surface area contributed by atoms with Crippen LogP contribution >= 0.6 is 15.9 Å². The average Bonchev–Trinajstić information content (AvgIpc) is 2.59. The number of ether oxygens (including phenoxy) is 1. The molecular weight excluding hydrogens is 372 g/mol. The summed E-state index contributed by atoms with van der Waals surface area (Å²) in [5.41, 5.74) is 1.74. The molecule has 0 bridgehead atoms. The van der Waals surface area contributed by atoms with Crippen LogP contribution in [-0.4, -0.2) is 32.1 Å². The van der Waals surface area contributed by atoms with Gasteiger partial charge in [-0.15, -0.1) is 0 Å². The van der Waals surface area contributed by atoms with Crippen LogP contribution in [0.2, 0.25) is 0 Å². The first kappa shape index (κ1) is 18.2. The van der Waals surface area contributed by atoms with Gasteiger partial charge in [-0.3, -0.25) is 9.59 Å².